The van der Waals surface area contributed by atoms with Gasteiger partial charge >= 0.3 is 6.18 Å². The fourth-order valence-corrected chi connectivity index (χ4v) is 3.78. The van der Waals surface area contributed by atoms with Gasteiger partial charge < -0.3 is 4.90 Å². The summed E-state index contributed by atoms with van der Waals surface area (Å²) >= 11 is 0. The quantitative estimate of drug-likeness (QED) is 0.500. The normalized spacial score (nSPS) is 15.4. The van der Waals surface area contributed by atoms with E-state index in [1.165, 1.54) is 12.1 Å². The van der Waals surface area contributed by atoms with E-state index in [2.05, 4.69) is 9.97 Å². The molecule has 0 fully saturated rings. The highest BCUT2D eigenvalue weighted by molar-refractivity contribution is 5.95. The van der Waals surface area contributed by atoms with Crippen molar-refractivity contribution in [1.29, 1.82) is 0 Å². The summed E-state index contributed by atoms with van der Waals surface area (Å²) in [6, 6.07) is 10.6. The molecule has 2 N–H and O–H groups in total. The zero-order chi connectivity index (χ0) is 21.0. The smallest absolute Gasteiger partial charge is 0.343 e. The first kappa shape index (κ1) is 19.1. The number of benzene rings is 1. The Kier molecular flexibility index (Phi) is 4.23. The largest absolute Gasteiger partial charge is 0.433 e. The second-order valence-electron chi connectivity index (χ2n) is 7.32. The van der Waals surface area contributed by atoms with E-state index in [1.807, 2.05) is 24.8 Å². The minimum atomic E-state index is -4.52. The minimum Gasteiger partial charge on any atom is -0.343 e. The highest BCUT2D eigenvalue weighted by Gasteiger charge is 2.40. The molecule has 0 spiro atoms. The lowest BCUT2D eigenvalue weighted by Crippen LogP contribution is -2.35. The van der Waals surface area contributed by atoms with E-state index in [4.69, 9.17) is 5.21 Å². The number of anilines is 1. The van der Waals surface area contributed by atoms with Crippen LogP contribution in [0.4, 0.5) is 19.0 Å². The van der Waals surface area contributed by atoms with E-state index < -0.39 is 23.3 Å². The fraction of sp³-hybridized carbons (Fsp3) is 0.250. The van der Waals surface area contributed by atoms with Gasteiger partial charge in [-0.3, -0.25) is 10.0 Å². The van der Waals surface area contributed by atoms with Gasteiger partial charge in [0, 0.05) is 12.1 Å². The Morgan fingerprint density at radius 3 is 2.48 bits per heavy atom. The van der Waals surface area contributed by atoms with Crippen LogP contribution in [0.25, 0.3) is 11.0 Å². The number of hydrogen-bond donors (Lipinski definition) is 2. The van der Waals surface area contributed by atoms with E-state index in [0.717, 1.165) is 17.2 Å². The molecule has 1 aromatic carbocycles. The van der Waals surface area contributed by atoms with Crippen molar-refractivity contribution < 1.29 is 23.2 Å². The maximum absolute atomic E-state index is 12.9. The van der Waals surface area contributed by atoms with Crippen LogP contribution in [0.5, 0.6) is 0 Å². The molecule has 0 aliphatic carbocycles. The fourth-order valence-electron chi connectivity index (χ4n) is 3.78. The molecule has 150 valence electrons. The predicted molar refractivity (Wildman–Crippen MR) is 99.4 cm³/mol. The summed E-state index contributed by atoms with van der Waals surface area (Å²) in [6.45, 7) is 4.30. The molecule has 1 aliphatic heterocycles. The maximum atomic E-state index is 12.9. The summed E-state index contributed by atoms with van der Waals surface area (Å²) in [5, 5.41) is 9.02. The molecule has 3 aromatic rings. The number of hydrogen-bond acceptors (Lipinski definition) is 5. The van der Waals surface area contributed by atoms with Crippen molar-refractivity contribution in [3.63, 3.8) is 0 Å². The summed E-state index contributed by atoms with van der Waals surface area (Å²) in [4.78, 5) is 22.1. The van der Waals surface area contributed by atoms with Crippen molar-refractivity contribution in [3.05, 3.63) is 64.8 Å². The van der Waals surface area contributed by atoms with Gasteiger partial charge in [0.05, 0.1) is 16.6 Å². The number of pyridine rings is 2. The minimum absolute atomic E-state index is 0.151. The Labute approximate surface area is 164 Å². The number of halogens is 3. The van der Waals surface area contributed by atoms with Gasteiger partial charge in [0.2, 0.25) is 0 Å². The molecule has 0 bridgehead atoms. The van der Waals surface area contributed by atoms with Gasteiger partial charge in [-0.2, -0.15) is 13.2 Å². The molecule has 9 heteroatoms. The van der Waals surface area contributed by atoms with Crippen LogP contribution in [0, 0.1) is 0 Å². The van der Waals surface area contributed by atoms with Crippen molar-refractivity contribution in [3.8, 4) is 0 Å². The molecule has 4 rings (SSSR count). The molecular formula is C20H17F3N4O2. The van der Waals surface area contributed by atoms with E-state index in [1.54, 1.807) is 23.7 Å². The second kappa shape index (κ2) is 6.41. The van der Waals surface area contributed by atoms with Gasteiger partial charge in [-0.25, -0.2) is 15.4 Å². The monoisotopic (exact) mass is 402 g/mol. The number of carbonyl (C=O) groups excluding carboxylic acids is 1. The topological polar surface area (TPSA) is 78.4 Å². The van der Waals surface area contributed by atoms with Crippen LogP contribution in [-0.2, 0) is 18.3 Å². The molecule has 0 unspecified atom stereocenters. The first-order chi connectivity index (χ1) is 13.6. The molecular weight excluding hydrogens is 385 g/mol. The summed E-state index contributed by atoms with van der Waals surface area (Å²) in [7, 11) is 0. The SMILES string of the molecule is CC1(C)c2cccc(C(=O)NO)c2CN1c1ccc2nc(C(F)(F)F)ccc2n1. The highest BCUT2D eigenvalue weighted by atomic mass is 19.4. The summed E-state index contributed by atoms with van der Waals surface area (Å²) in [5.74, 6) is -0.0505. The Morgan fingerprint density at radius 2 is 1.79 bits per heavy atom. The van der Waals surface area contributed by atoms with Crippen LogP contribution in [-0.4, -0.2) is 21.1 Å². The van der Waals surface area contributed by atoms with E-state index >= 15 is 0 Å². The molecule has 3 heterocycles. The second-order valence-corrected chi connectivity index (χ2v) is 7.32. The summed E-state index contributed by atoms with van der Waals surface area (Å²) in [6.07, 6.45) is -4.52. The highest BCUT2D eigenvalue weighted by Crippen LogP contribution is 2.42. The number of rotatable bonds is 2. The molecule has 0 saturated carbocycles. The van der Waals surface area contributed by atoms with Crippen molar-refractivity contribution >= 4 is 22.8 Å². The first-order valence-corrected chi connectivity index (χ1v) is 8.82. The van der Waals surface area contributed by atoms with Crippen LogP contribution in [0.2, 0.25) is 0 Å². The molecule has 6 nitrogen and oxygen atoms in total. The Hall–Kier alpha value is -3.20. The van der Waals surface area contributed by atoms with Gasteiger partial charge in [-0.1, -0.05) is 12.1 Å². The van der Waals surface area contributed by atoms with Crippen molar-refractivity contribution in [1.82, 2.24) is 15.4 Å². The van der Waals surface area contributed by atoms with Crippen LogP contribution < -0.4 is 10.4 Å². The third-order valence-corrected chi connectivity index (χ3v) is 5.27. The first-order valence-electron chi connectivity index (χ1n) is 8.82. The number of alkyl halides is 3. The number of nitrogens with zero attached hydrogens (tertiary/aromatic N) is 3. The Morgan fingerprint density at radius 1 is 1.10 bits per heavy atom. The molecule has 2 aromatic heterocycles. The van der Waals surface area contributed by atoms with Gasteiger partial charge in [0.25, 0.3) is 5.91 Å². The van der Waals surface area contributed by atoms with Gasteiger partial charge in [0.15, 0.2) is 0 Å². The van der Waals surface area contributed by atoms with Crippen molar-refractivity contribution in [2.45, 2.75) is 32.1 Å². The molecule has 0 atom stereocenters. The third-order valence-electron chi connectivity index (χ3n) is 5.27. The van der Waals surface area contributed by atoms with E-state index in [0.29, 0.717) is 23.4 Å². The van der Waals surface area contributed by atoms with Gasteiger partial charge in [0.1, 0.15) is 11.5 Å². The lowest BCUT2D eigenvalue weighted by Gasteiger charge is -2.33. The Bertz CT molecular complexity index is 1130. The zero-order valence-electron chi connectivity index (χ0n) is 15.6. The number of aromatic nitrogens is 2. The van der Waals surface area contributed by atoms with Crippen LogP contribution in [0.15, 0.2) is 42.5 Å². The number of nitrogens with one attached hydrogen (secondary N) is 1. The predicted octanol–water partition coefficient (Wildman–Crippen LogP) is 4.02. The van der Waals surface area contributed by atoms with Crippen molar-refractivity contribution in [2.24, 2.45) is 0 Å². The maximum Gasteiger partial charge on any atom is 0.433 e. The molecule has 29 heavy (non-hydrogen) atoms. The molecule has 1 aliphatic rings. The standard InChI is InChI=1S/C20H17F3N4O2/c1-19(2)13-5-3-4-11(18(28)26-29)12(13)10-27(19)17-9-7-14-15(25-17)6-8-16(24-14)20(21,22)23/h3-9,29H,10H2,1-2H3,(H,26,28). The summed E-state index contributed by atoms with van der Waals surface area (Å²) < 4.78 is 38.7. The average Bonchev–Trinajstić information content (AvgIpc) is 2.96. The van der Waals surface area contributed by atoms with E-state index in [-0.39, 0.29) is 5.52 Å². The molecule has 0 saturated heterocycles. The number of amides is 1. The molecule has 0 radical (unpaired) electrons. The number of fused-ring (bicyclic) bond motifs is 2. The van der Waals surface area contributed by atoms with Crippen LogP contribution in [0.1, 0.15) is 41.0 Å². The third kappa shape index (κ3) is 3.07. The van der Waals surface area contributed by atoms with Crippen LogP contribution in [0.3, 0.4) is 0 Å². The number of carbonyl (C=O) groups is 1. The lowest BCUT2D eigenvalue weighted by atomic mass is 9.91. The number of hydroxylamine groups is 1. The van der Waals surface area contributed by atoms with Gasteiger partial charge in [-0.15, -0.1) is 0 Å². The van der Waals surface area contributed by atoms with Crippen molar-refractivity contribution in [2.75, 3.05) is 4.90 Å². The lowest BCUT2D eigenvalue weighted by molar-refractivity contribution is -0.140. The summed E-state index contributed by atoms with van der Waals surface area (Å²) in [5.41, 5.74) is 2.69. The Balaban J connectivity index is 1.77. The zero-order valence-corrected chi connectivity index (χ0v) is 15.6. The molecule has 1 amide bonds. The van der Waals surface area contributed by atoms with Gasteiger partial charge in [-0.05, 0) is 55.3 Å². The van der Waals surface area contributed by atoms with E-state index in [9.17, 15) is 18.0 Å². The van der Waals surface area contributed by atoms with Crippen LogP contribution >= 0.6 is 0 Å². The average molecular weight is 402 g/mol.